The van der Waals surface area contributed by atoms with Gasteiger partial charge in [0.2, 0.25) is 0 Å². The quantitative estimate of drug-likeness (QED) is 0.299. The van der Waals surface area contributed by atoms with Crippen molar-refractivity contribution in [2.75, 3.05) is 5.32 Å². The topological polar surface area (TPSA) is 17.0 Å². The third kappa shape index (κ3) is 3.20. The first-order chi connectivity index (χ1) is 15.9. The Bertz CT molecular complexity index is 1450. The first-order valence-electron chi connectivity index (χ1n) is 10.8. The molecule has 0 saturated carbocycles. The van der Waals surface area contributed by atoms with Gasteiger partial charge in [-0.2, -0.15) is 0 Å². The van der Waals surface area contributed by atoms with Crippen molar-refractivity contribution in [3.63, 3.8) is 0 Å². The summed E-state index contributed by atoms with van der Waals surface area (Å²) >= 11 is 0. The summed E-state index contributed by atoms with van der Waals surface area (Å²) in [6.45, 7) is 0. The zero-order chi connectivity index (χ0) is 21.3. The minimum atomic E-state index is 1.07. The Morgan fingerprint density at radius 2 is 1.34 bits per heavy atom. The summed E-state index contributed by atoms with van der Waals surface area (Å²) in [4.78, 5) is 0. The van der Waals surface area contributed by atoms with E-state index in [9.17, 15) is 0 Å². The Hall–Kier alpha value is -4.39. The molecule has 0 atom stereocenters. The largest absolute Gasteiger partial charge is 0.356 e. The number of anilines is 2. The fourth-order valence-corrected chi connectivity index (χ4v) is 4.39. The van der Waals surface area contributed by atoms with Crippen LogP contribution in [0.4, 0.5) is 11.4 Å². The first-order valence-corrected chi connectivity index (χ1v) is 10.8. The van der Waals surface area contributed by atoms with E-state index in [2.05, 4.69) is 125 Å². The summed E-state index contributed by atoms with van der Waals surface area (Å²) in [6.07, 6.45) is 9.44. The summed E-state index contributed by atoms with van der Waals surface area (Å²) in [5, 5.41) is 4.80. The number of hydrogen-bond acceptors (Lipinski definition) is 1. The fraction of sp³-hybridized carbons (Fsp3) is 0. The minimum absolute atomic E-state index is 1.07. The van der Waals surface area contributed by atoms with E-state index in [0.29, 0.717) is 0 Å². The molecule has 0 radical (unpaired) electrons. The van der Waals surface area contributed by atoms with E-state index in [-0.39, 0.29) is 0 Å². The molecule has 1 aromatic heterocycles. The van der Waals surface area contributed by atoms with Crippen molar-refractivity contribution in [2.24, 2.45) is 0 Å². The van der Waals surface area contributed by atoms with E-state index in [1.165, 1.54) is 27.6 Å². The molecule has 32 heavy (non-hydrogen) atoms. The molecule has 0 spiro atoms. The van der Waals surface area contributed by atoms with Gasteiger partial charge in [-0.15, -0.1) is 0 Å². The number of aromatic nitrogens is 1. The van der Waals surface area contributed by atoms with Gasteiger partial charge >= 0.3 is 0 Å². The second kappa shape index (κ2) is 7.70. The smallest absolute Gasteiger partial charge is 0.166 e. The predicted octanol–water partition coefficient (Wildman–Crippen LogP) is 7.88. The van der Waals surface area contributed by atoms with Crippen LogP contribution in [0, 0.1) is 6.08 Å². The van der Waals surface area contributed by atoms with Gasteiger partial charge in [-0.25, -0.2) is 0 Å². The lowest BCUT2D eigenvalue weighted by molar-refractivity contribution is 1.10. The highest BCUT2D eigenvalue weighted by atomic mass is 15.0. The molecule has 5 aromatic rings. The van der Waals surface area contributed by atoms with E-state index < -0.39 is 0 Å². The Morgan fingerprint density at radius 1 is 0.656 bits per heavy atom. The molecule has 0 aliphatic heterocycles. The van der Waals surface area contributed by atoms with E-state index >= 15 is 0 Å². The van der Waals surface area contributed by atoms with Gasteiger partial charge in [-0.05, 0) is 53.6 Å². The molecule has 1 N–H and O–H groups in total. The van der Waals surface area contributed by atoms with Crippen LogP contribution in [-0.2, 0) is 0 Å². The molecule has 2 nitrogen and oxygen atoms in total. The van der Waals surface area contributed by atoms with Crippen molar-refractivity contribution in [1.82, 2.24) is 4.57 Å². The molecule has 0 fully saturated rings. The number of nitrogens with zero attached hydrogens (tertiary/aromatic N) is 1. The lowest BCUT2D eigenvalue weighted by Crippen LogP contribution is -1.97. The van der Waals surface area contributed by atoms with Crippen LogP contribution in [0.5, 0.6) is 0 Å². The zero-order valence-electron chi connectivity index (χ0n) is 17.5. The average Bonchev–Trinajstić information content (AvgIpc) is 3.19. The van der Waals surface area contributed by atoms with Crippen LogP contribution in [0.3, 0.4) is 0 Å². The number of allylic oxidation sites excluding steroid dienone is 2. The second-order valence-electron chi connectivity index (χ2n) is 7.91. The Morgan fingerprint density at radius 3 is 2.12 bits per heavy atom. The maximum atomic E-state index is 3.57. The summed E-state index contributed by atoms with van der Waals surface area (Å²) in [7, 11) is 0. The highest BCUT2D eigenvalue weighted by Gasteiger charge is 2.23. The SMILES string of the molecule is [C+]1=Cc2c(c3cc(Nc4ccc(-c5ccccc5)cc4)ccc3n2-c2ccccc2)C=C1. The van der Waals surface area contributed by atoms with Gasteiger partial charge in [-0.3, -0.25) is 4.57 Å². The summed E-state index contributed by atoms with van der Waals surface area (Å²) < 4.78 is 2.31. The number of benzene rings is 4. The second-order valence-corrected chi connectivity index (χ2v) is 7.91. The van der Waals surface area contributed by atoms with Gasteiger partial charge in [0.15, 0.2) is 5.69 Å². The maximum absolute atomic E-state index is 3.57. The molecule has 1 heterocycles. The molecule has 0 saturated heterocycles. The lowest BCUT2D eigenvalue weighted by Gasteiger charge is -2.09. The number of rotatable bonds is 4. The number of nitrogens with one attached hydrogen (secondary N) is 1. The molecule has 1 aliphatic carbocycles. The van der Waals surface area contributed by atoms with E-state index in [1.54, 1.807) is 0 Å². The van der Waals surface area contributed by atoms with Crippen LogP contribution in [0.25, 0.3) is 39.9 Å². The third-order valence-electron chi connectivity index (χ3n) is 5.91. The fourth-order valence-electron chi connectivity index (χ4n) is 4.39. The number of hydrogen-bond donors (Lipinski definition) is 1. The van der Waals surface area contributed by atoms with Gasteiger partial charge in [0, 0.05) is 22.8 Å². The molecule has 4 aromatic carbocycles. The van der Waals surface area contributed by atoms with Crippen molar-refractivity contribution < 1.29 is 0 Å². The van der Waals surface area contributed by atoms with Gasteiger partial charge in [-0.1, -0.05) is 60.7 Å². The summed E-state index contributed by atoms with van der Waals surface area (Å²) in [6, 6.07) is 36.1. The molecule has 2 heteroatoms. The van der Waals surface area contributed by atoms with Crippen LogP contribution in [0.2, 0.25) is 0 Å². The summed E-state index contributed by atoms with van der Waals surface area (Å²) in [5.74, 6) is 0. The molecule has 0 amide bonds. The molecule has 1 aliphatic rings. The lowest BCUT2D eigenvalue weighted by atomic mass is 10.1. The van der Waals surface area contributed by atoms with Crippen molar-refractivity contribution in [1.29, 1.82) is 0 Å². The van der Waals surface area contributed by atoms with Crippen LogP contribution >= 0.6 is 0 Å². The van der Waals surface area contributed by atoms with Crippen molar-refractivity contribution in [2.45, 2.75) is 0 Å². The van der Waals surface area contributed by atoms with Gasteiger partial charge in [0.05, 0.1) is 17.3 Å². The standard InChI is InChI=1S/C30H21N2/c1-3-9-22(10-4-1)23-15-17-24(18-16-23)31-25-19-20-30-28(21-25)27-13-7-8-14-29(27)32(30)26-11-5-2-6-12-26/h1-7,9-21,31H/q+1. The van der Waals surface area contributed by atoms with Gasteiger partial charge < -0.3 is 5.32 Å². The monoisotopic (exact) mass is 409 g/mol. The Kier molecular flexibility index (Phi) is 4.42. The zero-order valence-corrected chi connectivity index (χ0v) is 17.5. The molecular formula is C30H21N2+. The molecule has 150 valence electrons. The van der Waals surface area contributed by atoms with E-state index in [0.717, 1.165) is 22.8 Å². The third-order valence-corrected chi connectivity index (χ3v) is 5.91. The highest BCUT2D eigenvalue weighted by molar-refractivity contribution is 5.98. The van der Waals surface area contributed by atoms with Crippen molar-refractivity contribution >= 4 is 34.4 Å². The van der Waals surface area contributed by atoms with Crippen LogP contribution in [-0.4, -0.2) is 4.57 Å². The van der Waals surface area contributed by atoms with Crippen molar-refractivity contribution in [3.8, 4) is 16.8 Å². The molecular weight excluding hydrogens is 388 g/mol. The summed E-state index contributed by atoms with van der Waals surface area (Å²) in [5.41, 5.74) is 9.33. The highest BCUT2D eigenvalue weighted by Crippen LogP contribution is 2.35. The van der Waals surface area contributed by atoms with Gasteiger partial charge in [0.1, 0.15) is 17.7 Å². The number of fused-ring (bicyclic) bond motifs is 3. The predicted molar refractivity (Wildman–Crippen MR) is 135 cm³/mol. The van der Waals surface area contributed by atoms with E-state index in [1.807, 2.05) is 12.1 Å². The minimum Gasteiger partial charge on any atom is -0.356 e. The van der Waals surface area contributed by atoms with Gasteiger partial charge in [0.25, 0.3) is 0 Å². The maximum Gasteiger partial charge on any atom is 0.166 e. The molecule has 0 unspecified atom stereocenters. The normalized spacial score (nSPS) is 11.9. The molecule has 6 rings (SSSR count). The number of para-hydroxylation sites is 1. The Balaban J connectivity index is 1.38. The van der Waals surface area contributed by atoms with Crippen LogP contribution in [0.15, 0.2) is 109 Å². The first kappa shape index (κ1) is 18.4. The Labute approximate surface area is 187 Å². The van der Waals surface area contributed by atoms with E-state index in [4.69, 9.17) is 0 Å². The van der Waals surface area contributed by atoms with Crippen molar-refractivity contribution in [3.05, 3.63) is 127 Å². The average molecular weight is 410 g/mol. The van der Waals surface area contributed by atoms with Crippen LogP contribution < -0.4 is 5.32 Å². The van der Waals surface area contributed by atoms with Crippen LogP contribution in [0.1, 0.15) is 11.3 Å². The molecule has 0 bridgehead atoms.